The predicted octanol–water partition coefficient (Wildman–Crippen LogP) is 4.66. The van der Waals surface area contributed by atoms with E-state index in [4.69, 9.17) is 10.1 Å². The van der Waals surface area contributed by atoms with Crippen LogP contribution in [0.25, 0.3) is 16.7 Å². The molecule has 0 aliphatic carbocycles. The number of aryl methyl sites for hydroxylation is 3. The van der Waals surface area contributed by atoms with Crippen molar-refractivity contribution in [2.24, 2.45) is 5.92 Å². The standard InChI is InChI=1S/C24H27N5/c1-16-13-17(2)25-23-22(16)24-26-18(3)14-21(29(24)27-23)28-11-9-20(10-12-28)15-19-7-5-4-6-8-19/h4-8,13-14,20H,9-12,15H2,1-3H3. The Morgan fingerprint density at radius 2 is 1.66 bits per heavy atom. The summed E-state index contributed by atoms with van der Waals surface area (Å²) >= 11 is 0. The summed E-state index contributed by atoms with van der Waals surface area (Å²) in [6, 6.07) is 15.1. The van der Waals surface area contributed by atoms with Gasteiger partial charge in [0.1, 0.15) is 5.82 Å². The second-order valence-electron chi connectivity index (χ2n) is 8.39. The Kier molecular flexibility index (Phi) is 4.46. The molecule has 1 aliphatic heterocycles. The number of aromatic nitrogens is 4. The molecule has 0 amide bonds. The zero-order valence-electron chi connectivity index (χ0n) is 17.4. The van der Waals surface area contributed by atoms with Crippen LogP contribution in [0.3, 0.4) is 0 Å². The molecule has 4 heterocycles. The maximum Gasteiger partial charge on any atom is 0.184 e. The van der Waals surface area contributed by atoms with E-state index in [1.807, 2.05) is 11.4 Å². The number of piperidine rings is 1. The summed E-state index contributed by atoms with van der Waals surface area (Å²) in [5, 5.41) is 5.91. The normalized spacial score (nSPS) is 15.5. The predicted molar refractivity (Wildman–Crippen MR) is 118 cm³/mol. The molecule has 0 bridgehead atoms. The quantitative estimate of drug-likeness (QED) is 0.514. The van der Waals surface area contributed by atoms with Crippen molar-refractivity contribution in [2.45, 2.75) is 40.0 Å². The topological polar surface area (TPSA) is 46.3 Å². The van der Waals surface area contributed by atoms with Crippen LogP contribution in [-0.4, -0.2) is 32.7 Å². The van der Waals surface area contributed by atoms with Gasteiger partial charge in [0.15, 0.2) is 11.3 Å². The Hall–Kier alpha value is -2.95. The maximum absolute atomic E-state index is 4.84. The van der Waals surface area contributed by atoms with E-state index >= 15 is 0 Å². The number of hydrogen-bond acceptors (Lipinski definition) is 4. The van der Waals surface area contributed by atoms with Gasteiger partial charge < -0.3 is 4.90 Å². The number of hydrogen-bond donors (Lipinski definition) is 0. The molecular formula is C24H27N5. The minimum atomic E-state index is 0.746. The van der Waals surface area contributed by atoms with Gasteiger partial charge in [-0.3, -0.25) is 0 Å². The lowest BCUT2D eigenvalue weighted by atomic mass is 9.90. The lowest BCUT2D eigenvalue weighted by Crippen LogP contribution is -2.35. The first-order valence-corrected chi connectivity index (χ1v) is 10.5. The Morgan fingerprint density at radius 3 is 2.41 bits per heavy atom. The van der Waals surface area contributed by atoms with E-state index in [-0.39, 0.29) is 0 Å². The van der Waals surface area contributed by atoms with Crippen LogP contribution in [-0.2, 0) is 6.42 Å². The average molecular weight is 386 g/mol. The molecule has 4 aromatic rings. The largest absolute Gasteiger partial charge is 0.356 e. The first-order chi connectivity index (χ1) is 14.1. The van der Waals surface area contributed by atoms with E-state index in [9.17, 15) is 0 Å². The van der Waals surface area contributed by atoms with Gasteiger partial charge in [-0.25, -0.2) is 9.97 Å². The number of rotatable bonds is 3. The smallest absolute Gasteiger partial charge is 0.184 e. The highest BCUT2D eigenvalue weighted by atomic mass is 15.4. The van der Waals surface area contributed by atoms with Crippen LogP contribution in [0.1, 0.15) is 35.4 Å². The molecule has 1 aliphatic rings. The highest BCUT2D eigenvalue weighted by molar-refractivity contribution is 5.93. The Balaban J connectivity index is 1.45. The van der Waals surface area contributed by atoms with Crippen molar-refractivity contribution in [3.63, 3.8) is 0 Å². The van der Waals surface area contributed by atoms with Crippen LogP contribution in [0.2, 0.25) is 0 Å². The van der Waals surface area contributed by atoms with E-state index in [0.29, 0.717) is 0 Å². The number of nitrogens with zero attached hydrogens (tertiary/aromatic N) is 5. The summed E-state index contributed by atoms with van der Waals surface area (Å²) in [6.45, 7) is 8.32. The van der Waals surface area contributed by atoms with Gasteiger partial charge in [0.2, 0.25) is 0 Å². The first kappa shape index (κ1) is 18.1. The van der Waals surface area contributed by atoms with Crippen molar-refractivity contribution in [1.29, 1.82) is 0 Å². The fraction of sp³-hybridized carbons (Fsp3) is 0.375. The third kappa shape index (κ3) is 3.35. The van der Waals surface area contributed by atoms with Gasteiger partial charge in [0.05, 0.1) is 5.39 Å². The van der Waals surface area contributed by atoms with Gasteiger partial charge in [-0.15, -0.1) is 5.10 Å². The molecule has 0 saturated carbocycles. The fourth-order valence-corrected chi connectivity index (χ4v) is 4.66. The van der Waals surface area contributed by atoms with Gasteiger partial charge in [0, 0.05) is 30.5 Å². The Labute approximate surface area is 171 Å². The fourth-order valence-electron chi connectivity index (χ4n) is 4.66. The summed E-state index contributed by atoms with van der Waals surface area (Å²) in [5.74, 6) is 1.89. The minimum Gasteiger partial charge on any atom is -0.356 e. The molecule has 0 spiro atoms. The van der Waals surface area contributed by atoms with Crippen LogP contribution in [0.5, 0.6) is 0 Å². The van der Waals surface area contributed by atoms with E-state index in [2.05, 4.69) is 66.2 Å². The first-order valence-electron chi connectivity index (χ1n) is 10.5. The molecule has 29 heavy (non-hydrogen) atoms. The van der Waals surface area contributed by atoms with Crippen LogP contribution in [0.15, 0.2) is 42.5 Å². The lowest BCUT2D eigenvalue weighted by Gasteiger charge is -2.33. The monoisotopic (exact) mass is 385 g/mol. The molecule has 0 radical (unpaired) electrons. The highest BCUT2D eigenvalue weighted by Crippen LogP contribution is 2.29. The van der Waals surface area contributed by atoms with Crippen LogP contribution in [0, 0.1) is 26.7 Å². The zero-order valence-corrected chi connectivity index (χ0v) is 17.4. The average Bonchev–Trinajstić information content (AvgIpc) is 3.07. The summed E-state index contributed by atoms with van der Waals surface area (Å²) in [4.78, 5) is 11.9. The summed E-state index contributed by atoms with van der Waals surface area (Å²) in [6.07, 6.45) is 3.58. The Bertz CT molecular complexity index is 1170. The molecule has 0 unspecified atom stereocenters. The molecule has 5 heteroatoms. The van der Waals surface area contributed by atoms with Gasteiger partial charge in [-0.1, -0.05) is 30.3 Å². The molecule has 0 N–H and O–H groups in total. The van der Waals surface area contributed by atoms with Gasteiger partial charge in [-0.2, -0.15) is 4.52 Å². The molecule has 5 rings (SSSR count). The number of benzene rings is 1. The third-order valence-electron chi connectivity index (χ3n) is 6.09. The molecule has 1 aromatic carbocycles. The second kappa shape index (κ2) is 7.14. The van der Waals surface area contributed by atoms with E-state index in [1.165, 1.54) is 30.4 Å². The van der Waals surface area contributed by atoms with Crippen LogP contribution < -0.4 is 4.90 Å². The number of pyridine rings is 1. The Morgan fingerprint density at radius 1 is 0.931 bits per heavy atom. The molecule has 3 aromatic heterocycles. The summed E-state index contributed by atoms with van der Waals surface area (Å²) < 4.78 is 2.01. The van der Waals surface area contributed by atoms with E-state index in [1.54, 1.807) is 0 Å². The van der Waals surface area contributed by atoms with Gasteiger partial charge in [-0.05, 0) is 63.1 Å². The molecule has 0 atom stereocenters. The van der Waals surface area contributed by atoms with Crippen molar-refractivity contribution < 1.29 is 0 Å². The van der Waals surface area contributed by atoms with Crippen molar-refractivity contribution in [1.82, 2.24) is 19.6 Å². The van der Waals surface area contributed by atoms with Gasteiger partial charge in [0.25, 0.3) is 0 Å². The summed E-state index contributed by atoms with van der Waals surface area (Å²) in [5.41, 5.74) is 6.38. The third-order valence-corrected chi connectivity index (χ3v) is 6.09. The molecule has 1 saturated heterocycles. The summed E-state index contributed by atoms with van der Waals surface area (Å²) in [7, 11) is 0. The van der Waals surface area contributed by atoms with Crippen LogP contribution >= 0.6 is 0 Å². The van der Waals surface area contributed by atoms with Crippen molar-refractivity contribution in [3.8, 4) is 0 Å². The lowest BCUT2D eigenvalue weighted by molar-refractivity contribution is 0.401. The zero-order chi connectivity index (χ0) is 20.0. The van der Waals surface area contributed by atoms with Gasteiger partial charge >= 0.3 is 0 Å². The van der Waals surface area contributed by atoms with Crippen molar-refractivity contribution in [3.05, 3.63) is 65.0 Å². The molecular weight excluding hydrogens is 358 g/mol. The second-order valence-corrected chi connectivity index (χ2v) is 8.39. The number of anilines is 1. The van der Waals surface area contributed by atoms with E-state index in [0.717, 1.165) is 52.9 Å². The molecule has 148 valence electrons. The van der Waals surface area contributed by atoms with Crippen LogP contribution in [0.4, 0.5) is 5.82 Å². The highest BCUT2D eigenvalue weighted by Gasteiger charge is 2.23. The van der Waals surface area contributed by atoms with Crippen molar-refractivity contribution in [2.75, 3.05) is 18.0 Å². The maximum atomic E-state index is 4.84. The van der Waals surface area contributed by atoms with Crippen molar-refractivity contribution >= 4 is 22.5 Å². The number of fused-ring (bicyclic) bond motifs is 3. The molecule has 1 fully saturated rings. The van der Waals surface area contributed by atoms with E-state index < -0.39 is 0 Å². The SMILES string of the molecule is Cc1cc(C)c2c(n1)nn1c(N3CCC(Cc4ccccc4)CC3)cc(C)nc21. The molecule has 5 nitrogen and oxygen atoms in total. The minimum absolute atomic E-state index is 0.746.